The van der Waals surface area contributed by atoms with Crippen molar-refractivity contribution in [1.82, 2.24) is 5.32 Å². The fourth-order valence-corrected chi connectivity index (χ4v) is 0.396. The number of rotatable bonds is 1. The van der Waals surface area contributed by atoms with E-state index in [1.54, 1.807) is 0 Å². The lowest BCUT2D eigenvalue weighted by atomic mass is 10.1. The van der Waals surface area contributed by atoms with E-state index in [4.69, 9.17) is 0 Å². The van der Waals surface area contributed by atoms with Crippen LogP contribution >= 0.6 is 0 Å². The fraction of sp³-hybridized carbons (Fsp3) is 0.750. The van der Waals surface area contributed by atoms with Crippen molar-refractivity contribution in [2.45, 2.75) is 0 Å². The van der Waals surface area contributed by atoms with Crippen molar-refractivity contribution >= 4 is 0 Å². The van der Waals surface area contributed by atoms with Crippen LogP contribution in [0.4, 0.5) is 4.39 Å². The van der Waals surface area contributed by atoms with Crippen LogP contribution in [0.1, 0.15) is 0 Å². The van der Waals surface area contributed by atoms with Crippen LogP contribution in [-0.2, 0) is 0 Å². The molecule has 0 amide bonds. The fourth-order valence-electron chi connectivity index (χ4n) is 0.396. The van der Waals surface area contributed by atoms with E-state index in [9.17, 15) is 4.39 Å². The minimum absolute atomic E-state index is 0.229. The Bertz CT molecular complexity index is 40.1. The van der Waals surface area contributed by atoms with Gasteiger partial charge in [0.25, 0.3) is 0 Å². The maximum atomic E-state index is 11.4. The van der Waals surface area contributed by atoms with Crippen molar-refractivity contribution in [1.29, 1.82) is 0 Å². The molecule has 0 aromatic rings. The monoisotopic (exact) mass is 88.1 g/mol. The summed E-state index contributed by atoms with van der Waals surface area (Å²) >= 11 is 0. The molecular weight excluding hydrogens is 81.0 g/mol. The summed E-state index contributed by atoms with van der Waals surface area (Å²) in [5.74, 6) is 0.995. The van der Waals surface area contributed by atoms with Crippen LogP contribution in [0.2, 0.25) is 0 Å². The zero-order chi connectivity index (χ0) is 4.41. The predicted molar refractivity (Wildman–Crippen MR) is 22.1 cm³/mol. The van der Waals surface area contributed by atoms with Crippen molar-refractivity contribution in [2.75, 3.05) is 19.8 Å². The van der Waals surface area contributed by atoms with Crippen LogP contribution in [0, 0.1) is 5.92 Å². The highest BCUT2D eigenvalue weighted by Gasteiger charge is 2.15. The number of hydrogen-bond acceptors (Lipinski definition) is 1. The number of alkyl halides is 1. The summed E-state index contributed by atoms with van der Waals surface area (Å²) in [6, 6.07) is 0. The molecule has 1 heterocycles. The first-order valence-electron chi connectivity index (χ1n) is 2.04. The molecule has 0 unspecified atom stereocenters. The standard InChI is InChI=1S/C4H7FN/c5-1-4-2-6-3-4/h6H,1-3H2. The number of halogens is 1. The van der Waals surface area contributed by atoms with Gasteiger partial charge < -0.3 is 5.32 Å². The average molecular weight is 88.1 g/mol. The Balaban J connectivity index is 2.01. The van der Waals surface area contributed by atoms with Gasteiger partial charge in [0.15, 0.2) is 0 Å². The third-order valence-electron chi connectivity index (χ3n) is 0.939. The summed E-state index contributed by atoms with van der Waals surface area (Å²) in [5.41, 5.74) is 0. The Morgan fingerprint density at radius 3 is 2.33 bits per heavy atom. The smallest absolute Gasteiger partial charge is 0.0982 e. The maximum absolute atomic E-state index is 11.4. The zero-order valence-electron chi connectivity index (χ0n) is 3.50. The summed E-state index contributed by atoms with van der Waals surface area (Å²) in [6.45, 7) is 1.37. The van der Waals surface area contributed by atoms with E-state index in [1.807, 2.05) is 0 Å². The lowest BCUT2D eigenvalue weighted by Crippen LogP contribution is -2.41. The Labute approximate surface area is 36.5 Å². The Kier molecular flexibility index (Phi) is 1.05. The van der Waals surface area contributed by atoms with E-state index in [0.717, 1.165) is 19.0 Å². The quantitative estimate of drug-likeness (QED) is 0.480. The van der Waals surface area contributed by atoms with E-state index >= 15 is 0 Å². The first-order chi connectivity index (χ1) is 2.93. The topological polar surface area (TPSA) is 12.0 Å². The highest BCUT2D eigenvalue weighted by molar-refractivity contribution is 5.02. The molecule has 0 aromatic carbocycles. The van der Waals surface area contributed by atoms with Gasteiger partial charge in [0.05, 0.1) is 6.67 Å². The molecule has 1 radical (unpaired) electrons. The molecule has 35 valence electrons. The molecule has 1 N–H and O–H groups in total. The van der Waals surface area contributed by atoms with Crippen molar-refractivity contribution < 1.29 is 4.39 Å². The van der Waals surface area contributed by atoms with Gasteiger partial charge in [-0.05, 0) is 0 Å². The largest absolute Gasteiger partial charge is 0.315 e. The normalized spacial score (nSPS) is 23.5. The van der Waals surface area contributed by atoms with Gasteiger partial charge in [-0.2, -0.15) is 0 Å². The van der Waals surface area contributed by atoms with E-state index in [0.29, 0.717) is 0 Å². The predicted octanol–water partition coefficient (Wildman–Crippen LogP) is 0.134. The summed E-state index contributed by atoms with van der Waals surface area (Å²) in [5, 5.41) is 2.94. The third kappa shape index (κ3) is 0.522. The SMILES string of the molecule is FC[C]1CNC1. The minimum atomic E-state index is -0.229. The van der Waals surface area contributed by atoms with Crippen molar-refractivity contribution in [3.05, 3.63) is 5.92 Å². The Hall–Kier alpha value is -0.110. The van der Waals surface area contributed by atoms with Gasteiger partial charge in [0.1, 0.15) is 0 Å². The molecule has 1 nitrogen and oxygen atoms in total. The van der Waals surface area contributed by atoms with Gasteiger partial charge in [-0.15, -0.1) is 0 Å². The number of hydrogen-bond donors (Lipinski definition) is 1. The molecule has 0 aliphatic carbocycles. The average Bonchev–Trinajstić information content (AvgIpc) is 1.31. The van der Waals surface area contributed by atoms with Crippen molar-refractivity contribution in [2.24, 2.45) is 0 Å². The Morgan fingerprint density at radius 1 is 1.67 bits per heavy atom. The van der Waals surface area contributed by atoms with Crippen LogP contribution in [0.3, 0.4) is 0 Å². The first-order valence-corrected chi connectivity index (χ1v) is 2.04. The molecule has 1 fully saturated rings. The molecule has 1 aliphatic heterocycles. The lowest BCUT2D eigenvalue weighted by Gasteiger charge is -2.22. The van der Waals surface area contributed by atoms with Crippen molar-refractivity contribution in [3.8, 4) is 0 Å². The maximum Gasteiger partial charge on any atom is 0.0982 e. The second kappa shape index (κ2) is 1.56. The summed E-state index contributed by atoms with van der Waals surface area (Å²) < 4.78 is 11.4. The van der Waals surface area contributed by atoms with Crippen LogP contribution in [0.25, 0.3) is 0 Å². The molecule has 1 rings (SSSR count). The Morgan fingerprint density at radius 2 is 2.33 bits per heavy atom. The van der Waals surface area contributed by atoms with Gasteiger partial charge in [0.2, 0.25) is 0 Å². The van der Waals surface area contributed by atoms with E-state index in [-0.39, 0.29) is 6.67 Å². The molecule has 0 spiro atoms. The van der Waals surface area contributed by atoms with Crippen molar-refractivity contribution in [3.63, 3.8) is 0 Å². The molecule has 0 atom stereocenters. The van der Waals surface area contributed by atoms with E-state index in [1.165, 1.54) is 0 Å². The molecule has 2 heteroatoms. The minimum Gasteiger partial charge on any atom is -0.315 e. The summed E-state index contributed by atoms with van der Waals surface area (Å²) in [6.07, 6.45) is 0. The van der Waals surface area contributed by atoms with Gasteiger partial charge in [-0.3, -0.25) is 4.39 Å². The van der Waals surface area contributed by atoms with Gasteiger partial charge in [-0.1, -0.05) is 0 Å². The van der Waals surface area contributed by atoms with Crippen LogP contribution < -0.4 is 5.32 Å². The lowest BCUT2D eigenvalue weighted by molar-refractivity contribution is 0.422. The molecule has 0 saturated carbocycles. The highest BCUT2D eigenvalue weighted by Crippen LogP contribution is 2.03. The third-order valence-corrected chi connectivity index (χ3v) is 0.939. The highest BCUT2D eigenvalue weighted by atomic mass is 19.1. The second-order valence-corrected chi connectivity index (χ2v) is 1.49. The number of nitrogens with one attached hydrogen (secondary N) is 1. The first kappa shape index (κ1) is 4.06. The molecule has 1 saturated heterocycles. The van der Waals surface area contributed by atoms with Gasteiger partial charge in [0, 0.05) is 19.0 Å². The molecule has 1 aliphatic rings. The van der Waals surface area contributed by atoms with E-state index < -0.39 is 0 Å². The van der Waals surface area contributed by atoms with Crippen LogP contribution in [0.5, 0.6) is 0 Å². The van der Waals surface area contributed by atoms with Crippen LogP contribution in [0.15, 0.2) is 0 Å². The zero-order valence-corrected chi connectivity index (χ0v) is 3.50. The molecule has 0 aromatic heterocycles. The summed E-state index contributed by atoms with van der Waals surface area (Å²) in [7, 11) is 0. The van der Waals surface area contributed by atoms with Gasteiger partial charge in [-0.25, -0.2) is 0 Å². The molecular formula is C4H7FN. The van der Waals surface area contributed by atoms with Gasteiger partial charge >= 0.3 is 0 Å². The van der Waals surface area contributed by atoms with E-state index in [2.05, 4.69) is 5.32 Å². The molecule has 0 bridgehead atoms. The summed E-state index contributed by atoms with van der Waals surface area (Å²) in [4.78, 5) is 0. The molecule has 6 heavy (non-hydrogen) atoms. The van der Waals surface area contributed by atoms with Crippen LogP contribution in [-0.4, -0.2) is 19.8 Å². The second-order valence-electron chi connectivity index (χ2n) is 1.49.